The van der Waals surface area contributed by atoms with Crippen LogP contribution in [0, 0.1) is 0 Å². The number of carbonyl (C=O) groups excluding carboxylic acids is 1. The van der Waals surface area contributed by atoms with Crippen molar-refractivity contribution in [1.29, 1.82) is 0 Å². The van der Waals surface area contributed by atoms with Crippen LogP contribution < -0.4 is 9.64 Å². The van der Waals surface area contributed by atoms with E-state index in [1.165, 1.54) is 50.1 Å². The molecule has 0 aromatic carbocycles. The Hall–Kier alpha value is -1.72. The van der Waals surface area contributed by atoms with E-state index in [1.807, 2.05) is 25.7 Å². The Bertz CT molecular complexity index is 1110. The van der Waals surface area contributed by atoms with Gasteiger partial charge in [-0.3, -0.25) is 9.80 Å². The number of hydrogen-bond donors (Lipinski definition) is 0. The van der Waals surface area contributed by atoms with Crippen molar-refractivity contribution in [2.75, 3.05) is 37.7 Å². The van der Waals surface area contributed by atoms with Gasteiger partial charge in [0, 0.05) is 13.1 Å². The van der Waals surface area contributed by atoms with Gasteiger partial charge < -0.3 is 14.4 Å². The molecule has 0 N–H and O–H groups in total. The summed E-state index contributed by atoms with van der Waals surface area (Å²) in [7, 11) is 0. The molecule has 2 aromatic heterocycles. The molecule has 190 valence electrons. The number of aromatic nitrogens is 3. The van der Waals surface area contributed by atoms with E-state index in [9.17, 15) is 4.79 Å². The molecule has 6 heterocycles. The average Bonchev–Trinajstić information content (AvgIpc) is 3.51. The van der Waals surface area contributed by atoms with Crippen LogP contribution in [0.25, 0.3) is 10.3 Å². The van der Waals surface area contributed by atoms with Crippen LogP contribution in [0.15, 0.2) is 3.92 Å². The first-order valence-electron chi connectivity index (χ1n) is 12.7. The number of piperazine rings is 1. The third-order valence-electron chi connectivity index (χ3n) is 7.86. The summed E-state index contributed by atoms with van der Waals surface area (Å²) >= 11 is 5.04. The van der Waals surface area contributed by atoms with Crippen molar-refractivity contribution in [3.63, 3.8) is 0 Å². The normalized spacial score (nSPS) is 25.9. The van der Waals surface area contributed by atoms with Crippen LogP contribution in [0.2, 0.25) is 0 Å². The fraction of sp³-hybridized carbons (Fsp3) is 0.750. The van der Waals surface area contributed by atoms with Gasteiger partial charge in [0.15, 0.2) is 14.6 Å². The fourth-order valence-electron chi connectivity index (χ4n) is 6.40. The molecule has 4 aliphatic rings. The standard InChI is InChI=1S/C24H33BrN6O3S/c1-23(2,3)34-22(32)31-15-6-7-16(31)13-29(12-15)18-17-19(35-20(25)26-17)28-21(27-18)33-14-24-8-4-10-30(24)11-5-9-24/h15-16H,4-14H2,1-3H3/t15-,16+. The quantitative estimate of drug-likeness (QED) is 0.538. The number of amides is 1. The molecular weight excluding hydrogens is 532 g/mol. The van der Waals surface area contributed by atoms with E-state index in [0.29, 0.717) is 25.7 Å². The third-order valence-corrected chi connectivity index (χ3v) is 9.26. The van der Waals surface area contributed by atoms with Gasteiger partial charge in [-0.05, 0) is 88.3 Å². The lowest BCUT2D eigenvalue weighted by Crippen LogP contribution is -2.57. The number of thiazole rings is 1. The Labute approximate surface area is 218 Å². The summed E-state index contributed by atoms with van der Waals surface area (Å²) < 4.78 is 12.8. The second kappa shape index (κ2) is 8.69. The minimum absolute atomic E-state index is 0.101. The first-order valence-corrected chi connectivity index (χ1v) is 14.3. The Balaban J connectivity index is 1.25. The summed E-state index contributed by atoms with van der Waals surface area (Å²) in [6.07, 6.45) is 6.57. The first-order chi connectivity index (χ1) is 16.7. The number of nitrogens with zero attached hydrogens (tertiary/aromatic N) is 6. The predicted octanol–water partition coefficient (Wildman–Crippen LogP) is 4.44. The van der Waals surface area contributed by atoms with Crippen LogP contribution in [0.3, 0.4) is 0 Å². The zero-order valence-electron chi connectivity index (χ0n) is 20.6. The number of anilines is 1. The monoisotopic (exact) mass is 564 g/mol. The molecule has 35 heavy (non-hydrogen) atoms. The van der Waals surface area contributed by atoms with Crippen molar-refractivity contribution < 1.29 is 14.3 Å². The summed E-state index contributed by atoms with van der Waals surface area (Å²) in [5.41, 5.74) is 0.436. The van der Waals surface area contributed by atoms with E-state index in [1.54, 1.807) is 0 Å². The summed E-state index contributed by atoms with van der Waals surface area (Å²) in [6, 6.07) is 0.632. The maximum absolute atomic E-state index is 12.9. The summed E-state index contributed by atoms with van der Waals surface area (Å²) in [5.74, 6) is 0.805. The number of ether oxygens (including phenoxy) is 2. The topological polar surface area (TPSA) is 83.9 Å². The van der Waals surface area contributed by atoms with Crippen LogP contribution >= 0.6 is 27.3 Å². The van der Waals surface area contributed by atoms with Gasteiger partial charge >= 0.3 is 12.1 Å². The highest BCUT2D eigenvalue weighted by atomic mass is 79.9. The van der Waals surface area contributed by atoms with Gasteiger partial charge in [0.25, 0.3) is 0 Å². The molecule has 4 saturated heterocycles. The number of rotatable bonds is 4. The second-order valence-corrected chi connectivity index (χ2v) is 13.6. The maximum atomic E-state index is 12.9. The van der Waals surface area contributed by atoms with Crippen molar-refractivity contribution in [3.05, 3.63) is 3.92 Å². The summed E-state index contributed by atoms with van der Waals surface area (Å²) in [4.78, 5) is 34.8. The smallest absolute Gasteiger partial charge is 0.410 e. The summed E-state index contributed by atoms with van der Waals surface area (Å²) in [6.45, 7) is 10.1. The van der Waals surface area contributed by atoms with Crippen LogP contribution in [0.1, 0.15) is 59.3 Å². The molecule has 4 fully saturated rings. The van der Waals surface area contributed by atoms with E-state index >= 15 is 0 Å². The Morgan fingerprint density at radius 3 is 2.46 bits per heavy atom. The molecule has 6 rings (SSSR count). The molecule has 0 radical (unpaired) electrons. The first kappa shape index (κ1) is 23.7. The lowest BCUT2D eigenvalue weighted by atomic mass is 9.95. The average molecular weight is 566 g/mol. The zero-order chi connectivity index (χ0) is 24.4. The molecule has 1 amide bonds. The minimum Gasteiger partial charge on any atom is -0.461 e. The highest BCUT2D eigenvalue weighted by Gasteiger charge is 2.46. The number of hydrogen-bond acceptors (Lipinski definition) is 9. The zero-order valence-corrected chi connectivity index (χ0v) is 23.0. The van der Waals surface area contributed by atoms with E-state index in [2.05, 4.69) is 25.7 Å². The van der Waals surface area contributed by atoms with Gasteiger partial charge in [-0.1, -0.05) is 11.3 Å². The van der Waals surface area contributed by atoms with E-state index < -0.39 is 5.60 Å². The minimum atomic E-state index is -0.501. The molecule has 4 aliphatic heterocycles. The maximum Gasteiger partial charge on any atom is 0.410 e. The fourth-order valence-corrected chi connectivity index (χ4v) is 7.69. The van der Waals surface area contributed by atoms with Crippen molar-refractivity contribution >= 4 is 49.5 Å². The van der Waals surface area contributed by atoms with Crippen molar-refractivity contribution in [3.8, 4) is 6.01 Å². The molecule has 2 bridgehead atoms. The van der Waals surface area contributed by atoms with Crippen LogP contribution in [0.4, 0.5) is 10.6 Å². The lowest BCUT2D eigenvalue weighted by Gasteiger charge is -2.41. The molecule has 9 nitrogen and oxygen atoms in total. The Morgan fingerprint density at radius 1 is 1.11 bits per heavy atom. The largest absolute Gasteiger partial charge is 0.461 e. The third kappa shape index (κ3) is 4.37. The molecule has 2 atom stereocenters. The van der Waals surface area contributed by atoms with Crippen LogP contribution in [-0.4, -0.2) is 86.9 Å². The van der Waals surface area contributed by atoms with E-state index in [-0.39, 0.29) is 23.7 Å². The number of fused-ring (bicyclic) bond motifs is 4. The highest BCUT2D eigenvalue weighted by Crippen LogP contribution is 2.40. The Kier molecular flexibility index (Phi) is 5.88. The molecule has 2 aromatic rings. The lowest BCUT2D eigenvalue weighted by molar-refractivity contribution is 0.0122. The number of halogens is 1. The summed E-state index contributed by atoms with van der Waals surface area (Å²) in [5, 5.41) is 0. The van der Waals surface area contributed by atoms with Gasteiger partial charge in [0.1, 0.15) is 17.7 Å². The molecule has 0 aliphatic carbocycles. The van der Waals surface area contributed by atoms with Gasteiger partial charge in [0.2, 0.25) is 0 Å². The molecular formula is C24H33BrN6O3S. The van der Waals surface area contributed by atoms with Crippen molar-refractivity contribution in [2.45, 2.75) is 82.5 Å². The van der Waals surface area contributed by atoms with Gasteiger partial charge in [-0.15, -0.1) is 0 Å². The van der Waals surface area contributed by atoms with Gasteiger partial charge in [-0.25, -0.2) is 9.78 Å². The van der Waals surface area contributed by atoms with Crippen molar-refractivity contribution in [2.24, 2.45) is 0 Å². The molecule has 11 heteroatoms. The predicted molar refractivity (Wildman–Crippen MR) is 138 cm³/mol. The van der Waals surface area contributed by atoms with Crippen molar-refractivity contribution in [1.82, 2.24) is 24.8 Å². The molecule has 0 unspecified atom stereocenters. The second-order valence-electron chi connectivity index (χ2n) is 11.3. The van der Waals surface area contributed by atoms with E-state index in [4.69, 9.17) is 24.4 Å². The van der Waals surface area contributed by atoms with Crippen LogP contribution in [-0.2, 0) is 4.74 Å². The molecule has 0 spiro atoms. The Morgan fingerprint density at radius 2 is 1.80 bits per heavy atom. The van der Waals surface area contributed by atoms with Gasteiger partial charge in [0.05, 0.1) is 17.6 Å². The highest BCUT2D eigenvalue weighted by molar-refractivity contribution is 9.11. The van der Waals surface area contributed by atoms with Crippen LogP contribution in [0.5, 0.6) is 6.01 Å². The molecule has 0 saturated carbocycles. The SMILES string of the molecule is CC(C)(C)OC(=O)N1[C@@H]2CC[C@H]1CN(c1nc(OCC34CCCN3CCC4)nc3sc(Br)nc13)C2. The van der Waals surface area contributed by atoms with Gasteiger partial charge in [-0.2, -0.15) is 9.97 Å². The number of carbonyl (C=O) groups is 1. The van der Waals surface area contributed by atoms with E-state index in [0.717, 1.165) is 32.9 Å².